The first-order valence-electron chi connectivity index (χ1n) is 8.17. The molecule has 4 rings (SSSR count). The lowest BCUT2D eigenvalue weighted by Crippen LogP contribution is -2.32. The Kier molecular flexibility index (Phi) is 3.72. The van der Waals surface area contributed by atoms with Gasteiger partial charge in [0.25, 0.3) is 0 Å². The Morgan fingerprint density at radius 2 is 2.14 bits per heavy atom. The molecule has 0 amide bonds. The van der Waals surface area contributed by atoms with Gasteiger partial charge in [-0.25, -0.2) is 9.67 Å². The fraction of sp³-hybridized carbons (Fsp3) is 0.625. The molecule has 0 spiro atoms. The Bertz CT molecular complexity index is 607. The maximum absolute atomic E-state index is 5.51. The summed E-state index contributed by atoms with van der Waals surface area (Å²) in [5, 5.41) is 4.89. The Morgan fingerprint density at radius 1 is 1.27 bits per heavy atom. The molecule has 22 heavy (non-hydrogen) atoms. The Morgan fingerprint density at radius 3 is 2.82 bits per heavy atom. The van der Waals surface area contributed by atoms with E-state index < -0.39 is 0 Å². The van der Waals surface area contributed by atoms with Gasteiger partial charge in [0.05, 0.1) is 12.6 Å². The topological polar surface area (TPSA) is 59.0 Å². The van der Waals surface area contributed by atoms with E-state index >= 15 is 0 Å². The van der Waals surface area contributed by atoms with Crippen molar-refractivity contribution in [2.45, 2.75) is 31.2 Å². The minimum atomic E-state index is 0.352. The van der Waals surface area contributed by atoms with Gasteiger partial charge in [-0.1, -0.05) is 0 Å². The molecule has 1 atom stereocenters. The van der Waals surface area contributed by atoms with Crippen molar-refractivity contribution in [3.05, 3.63) is 24.3 Å². The first-order valence-corrected chi connectivity index (χ1v) is 8.17. The summed E-state index contributed by atoms with van der Waals surface area (Å²) in [6.45, 7) is 3.83. The molecular formula is C16H23N5O. The largest absolute Gasteiger partial charge is 0.381 e. The zero-order valence-corrected chi connectivity index (χ0v) is 13.0. The lowest BCUT2D eigenvalue weighted by atomic mass is 10.1. The van der Waals surface area contributed by atoms with Crippen LogP contribution in [0.4, 0.5) is 0 Å². The predicted octanol–water partition coefficient (Wildman–Crippen LogP) is 2.04. The molecule has 2 saturated heterocycles. The van der Waals surface area contributed by atoms with Gasteiger partial charge in [-0.15, -0.1) is 0 Å². The average molecular weight is 301 g/mol. The first kappa shape index (κ1) is 14.0. The summed E-state index contributed by atoms with van der Waals surface area (Å²) in [6.07, 6.45) is 7.26. The van der Waals surface area contributed by atoms with Crippen LogP contribution in [0.3, 0.4) is 0 Å². The summed E-state index contributed by atoms with van der Waals surface area (Å²) < 4.78 is 7.68. The molecule has 0 aromatic carbocycles. The predicted molar refractivity (Wildman–Crippen MR) is 83.8 cm³/mol. The minimum Gasteiger partial charge on any atom is -0.381 e. The lowest BCUT2D eigenvalue weighted by molar-refractivity contribution is 0.192. The number of likely N-dealkylation sites (tertiary alicyclic amines) is 1. The number of aromatic nitrogens is 4. The van der Waals surface area contributed by atoms with E-state index in [1.807, 2.05) is 12.4 Å². The number of piperidine rings is 1. The summed E-state index contributed by atoms with van der Waals surface area (Å²) in [7, 11) is 2.19. The quantitative estimate of drug-likeness (QED) is 0.942. The molecule has 0 bridgehead atoms. The number of nitrogens with zero attached hydrogens (tertiary/aromatic N) is 4. The van der Waals surface area contributed by atoms with Gasteiger partial charge in [0, 0.05) is 30.5 Å². The van der Waals surface area contributed by atoms with Crippen LogP contribution in [0.25, 0.3) is 11.4 Å². The summed E-state index contributed by atoms with van der Waals surface area (Å²) in [5.74, 6) is 2.30. The first-order chi connectivity index (χ1) is 10.8. The van der Waals surface area contributed by atoms with E-state index in [-0.39, 0.29) is 0 Å². The van der Waals surface area contributed by atoms with Crippen LogP contribution in [0.1, 0.15) is 37.0 Å². The van der Waals surface area contributed by atoms with Crippen molar-refractivity contribution in [3.63, 3.8) is 0 Å². The molecule has 2 aliphatic rings. The van der Waals surface area contributed by atoms with Gasteiger partial charge in [0.2, 0.25) is 0 Å². The molecule has 118 valence electrons. The highest BCUT2D eigenvalue weighted by Crippen LogP contribution is 2.30. The van der Waals surface area contributed by atoms with E-state index in [2.05, 4.69) is 27.7 Å². The van der Waals surface area contributed by atoms with Gasteiger partial charge in [-0.05, 0) is 45.5 Å². The number of hydrogen-bond acceptors (Lipinski definition) is 4. The smallest absolute Gasteiger partial charge is 0.160 e. The molecule has 2 fully saturated rings. The van der Waals surface area contributed by atoms with Crippen LogP contribution in [0, 0.1) is 0 Å². The highest BCUT2D eigenvalue weighted by molar-refractivity contribution is 5.54. The van der Waals surface area contributed by atoms with E-state index in [1.165, 1.54) is 0 Å². The van der Waals surface area contributed by atoms with Crippen molar-refractivity contribution in [1.82, 2.24) is 24.6 Å². The second-order valence-electron chi connectivity index (χ2n) is 6.43. The number of hydrogen-bond donors (Lipinski definition) is 1. The van der Waals surface area contributed by atoms with Crippen LogP contribution < -0.4 is 0 Å². The van der Waals surface area contributed by atoms with Gasteiger partial charge < -0.3 is 14.6 Å². The Balaban J connectivity index is 1.68. The minimum absolute atomic E-state index is 0.352. The molecule has 0 aliphatic carbocycles. The van der Waals surface area contributed by atoms with E-state index in [9.17, 15) is 0 Å². The van der Waals surface area contributed by atoms with E-state index in [0.717, 1.165) is 62.8 Å². The van der Waals surface area contributed by atoms with Crippen LogP contribution in [-0.2, 0) is 4.74 Å². The lowest BCUT2D eigenvalue weighted by Gasteiger charge is -2.29. The Labute approximate surface area is 130 Å². The number of ether oxygens (including phenoxy) is 1. The summed E-state index contributed by atoms with van der Waals surface area (Å²) in [6, 6.07) is 2.52. The number of aromatic amines is 1. The normalized spacial score (nSPS) is 24.1. The van der Waals surface area contributed by atoms with Gasteiger partial charge in [0.15, 0.2) is 11.6 Å². The standard InChI is InChI=1S/C16H23N5O/c1-20-7-3-14(4-8-20)21-16(12-2-6-17-10-12)18-15(19-21)13-5-9-22-11-13/h2,6,10,13-14,17H,3-5,7-9,11H2,1H3. The maximum atomic E-state index is 5.51. The zero-order valence-electron chi connectivity index (χ0n) is 13.0. The van der Waals surface area contributed by atoms with Crippen molar-refractivity contribution < 1.29 is 4.74 Å². The zero-order chi connectivity index (χ0) is 14.9. The van der Waals surface area contributed by atoms with E-state index in [0.29, 0.717) is 12.0 Å². The van der Waals surface area contributed by atoms with Gasteiger partial charge >= 0.3 is 0 Å². The van der Waals surface area contributed by atoms with Gasteiger partial charge in [-0.2, -0.15) is 5.10 Å². The summed E-state index contributed by atoms with van der Waals surface area (Å²) >= 11 is 0. The Hall–Kier alpha value is -1.66. The fourth-order valence-corrected chi connectivity index (χ4v) is 3.40. The van der Waals surface area contributed by atoms with Crippen LogP contribution in [0.2, 0.25) is 0 Å². The third-order valence-corrected chi connectivity index (χ3v) is 4.83. The number of rotatable bonds is 3. The van der Waals surface area contributed by atoms with Crippen molar-refractivity contribution in [2.24, 2.45) is 0 Å². The van der Waals surface area contributed by atoms with Crippen LogP contribution in [0.15, 0.2) is 18.5 Å². The summed E-state index contributed by atoms with van der Waals surface area (Å²) in [5.41, 5.74) is 1.12. The average Bonchev–Trinajstić information content (AvgIpc) is 3.27. The molecule has 1 N–H and O–H groups in total. The van der Waals surface area contributed by atoms with Crippen LogP contribution in [0.5, 0.6) is 0 Å². The molecular weight excluding hydrogens is 278 g/mol. The molecule has 4 heterocycles. The van der Waals surface area contributed by atoms with Crippen molar-refractivity contribution in [1.29, 1.82) is 0 Å². The van der Waals surface area contributed by atoms with Crippen LogP contribution >= 0.6 is 0 Å². The maximum Gasteiger partial charge on any atom is 0.160 e. The van der Waals surface area contributed by atoms with Crippen molar-refractivity contribution in [2.75, 3.05) is 33.4 Å². The third-order valence-electron chi connectivity index (χ3n) is 4.83. The number of H-pyrrole nitrogens is 1. The summed E-state index contributed by atoms with van der Waals surface area (Å²) in [4.78, 5) is 10.4. The molecule has 2 aliphatic heterocycles. The second-order valence-corrected chi connectivity index (χ2v) is 6.43. The van der Waals surface area contributed by atoms with E-state index in [4.69, 9.17) is 14.8 Å². The molecule has 2 aromatic rings. The molecule has 6 nitrogen and oxygen atoms in total. The molecule has 0 saturated carbocycles. The molecule has 1 unspecified atom stereocenters. The highest BCUT2D eigenvalue weighted by Gasteiger charge is 2.28. The van der Waals surface area contributed by atoms with Crippen LogP contribution in [-0.4, -0.2) is 58.0 Å². The third kappa shape index (κ3) is 2.57. The molecule has 6 heteroatoms. The van der Waals surface area contributed by atoms with Gasteiger partial charge in [-0.3, -0.25) is 0 Å². The number of nitrogens with one attached hydrogen (secondary N) is 1. The van der Waals surface area contributed by atoms with Crippen molar-refractivity contribution in [3.8, 4) is 11.4 Å². The second kappa shape index (κ2) is 5.85. The molecule has 2 aromatic heterocycles. The van der Waals surface area contributed by atoms with E-state index in [1.54, 1.807) is 0 Å². The monoisotopic (exact) mass is 301 g/mol. The highest BCUT2D eigenvalue weighted by atomic mass is 16.5. The van der Waals surface area contributed by atoms with Crippen molar-refractivity contribution >= 4 is 0 Å². The molecule has 0 radical (unpaired) electrons. The SMILES string of the molecule is CN1CCC(n2nc(C3CCOC3)nc2-c2cc[nH]c2)CC1. The fourth-order valence-electron chi connectivity index (χ4n) is 3.40. The van der Waals surface area contributed by atoms with Gasteiger partial charge in [0.1, 0.15) is 0 Å².